The van der Waals surface area contributed by atoms with Gasteiger partial charge in [-0.3, -0.25) is 4.79 Å². The molecule has 0 amide bonds. The molecule has 16 heavy (non-hydrogen) atoms. The number of hydrogen-bond donors (Lipinski definition) is 0. The van der Waals surface area contributed by atoms with E-state index in [0.717, 1.165) is 19.3 Å². The highest BCUT2D eigenvalue weighted by atomic mass is 16.5. The highest BCUT2D eigenvalue weighted by molar-refractivity contribution is 5.73. The molecule has 2 rings (SSSR count). The number of methoxy groups -OCH3 is 1. The van der Waals surface area contributed by atoms with Crippen LogP contribution in [0.1, 0.15) is 52.4 Å². The van der Waals surface area contributed by atoms with Crippen LogP contribution in [0.2, 0.25) is 0 Å². The Morgan fingerprint density at radius 2 is 2.12 bits per heavy atom. The predicted molar refractivity (Wildman–Crippen MR) is 64.0 cm³/mol. The lowest BCUT2D eigenvalue weighted by Crippen LogP contribution is -2.28. The summed E-state index contributed by atoms with van der Waals surface area (Å²) in [6, 6.07) is 0. The molecule has 2 heteroatoms. The molecular formula is C14H22O2. The molecule has 0 fully saturated rings. The zero-order chi connectivity index (χ0) is 11.8. The van der Waals surface area contributed by atoms with Gasteiger partial charge in [-0.1, -0.05) is 25.0 Å². The summed E-state index contributed by atoms with van der Waals surface area (Å²) >= 11 is 0. The second-order valence-electron chi connectivity index (χ2n) is 5.78. The minimum atomic E-state index is -0.0186. The molecule has 0 N–H and O–H groups in total. The highest BCUT2D eigenvalue weighted by Crippen LogP contribution is 2.47. The Hall–Kier alpha value is -0.790. The van der Waals surface area contributed by atoms with E-state index in [4.69, 9.17) is 4.74 Å². The highest BCUT2D eigenvalue weighted by Gasteiger charge is 2.35. The maximum Gasteiger partial charge on any atom is 0.308 e. The van der Waals surface area contributed by atoms with Gasteiger partial charge in [-0.15, -0.1) is 0 Å². The first-order chi connectivity index (χ1) is 7.54. The van der Waals surface area contributed by atoms with Crippen LogP contribution in [0.15, 0.2) is 11.1 Å². The summed E-state index contributed by atoms with van der Waals surface area (Å²) in [6.07, 6.45) is 6.81. The van der Waals surface area contributed by atoms with Crippen molar-refractivity contribution < 1.29 is 9.53 Å². The molecule has 0 spiro atoms. The average molecular weight is 222 g/mol. The van der Waals surface area contributed by atoms with Gasteiger partial charge in [-0.2, -0.15) is 0 Å². The van der Waals surface area contributed by atoms with E-state index >= 15 is 0 Å². The summed E-state index contributed by atoms with van der Waals surface area (Å²) in [5, 5.41) is 0. The molecule has 1 unspecified atom stereocenters. The van der Waals surface area contributed by atoms with Crippen LogP contribution in [0.4, 0.5) is 0 Å². The fourth-order valence-electron chi connectivity index (χ4n) is 3.35. The molecule has 0 aromatic carbocycles. The Kier molecular flexibility index (Phi) is 3.09. The summed E-state index contributed by atoms with van der Waals surface area (Å²) in [5.41, 5.74) is 3.56. The Morgan fingerprint density at radius 1 is 1.38 bits per heavy atom. The second-order valence-corrected chi connectivity index (χ2v) is 5.78. The lowest BCUT2D eigenvalue weighted by molar-refractivity contribution is -0.145. The number of allylic oxidation sites excluding steroid dienone is 2. The van der Waals surface area contributed by atoms with Crippen molar-refractivity contribution in [2.45, 2.75) is 52.4 Å². The van der Waals surface area contributed by atoms with Crippen LogP contribution in [0.25, 0.3) is 0 Å². The summed E-state index contributed by atoms with van der Waals surface area (Å²) < 4.78 is 4.86. The van der Waals surface area contributed by atoms with E-state index < -0.39 is 0 Å². The van der Waals surface area contributed by atoms with E-state index in [1.807, 2.05) is 0 Å². The standard InChI is InChI=1S/C14H22O2/c1-14(2)8-4-5-10-9-11(13(15)16-3)6-7-12(10)14/h11H,4-9H2,1-3H3. The van der Waals surface area contributed by atoms with Crippen LogP contribution >= 0.6 is 0 Å². The van der Waals surface area contributed by atoms with E-state index in [2.05, 4.69) is 13.8 Å². The Labute approximate surface area is 98.1 Å². The van der Waals surface area contributed by atoms with Gasteiger partial charge in [0.05, 0.1) is 13.0 Å². The third kappa shape index (κ3) is 2.02. The summed E-state index contributed by atoms with van der Waals surface area (Å²) in [6.45, 7) is 4.69. The molecule has 0 saturated carbocycles. The summed E-state index contributed by atoms with van der Waals surface area (Å²) in [7, 11) is 1.50. The number of rotatable bonds is 1. The molecular weight excluding hydrogens is 200 g/mol. The van der Waals surface area contributed by atoms with Crippen LogP contribution in [-0.2, 0) is 9.53 Å². The molecule has 2 aliphatic rings. The number of hydrogen-bond acceptors (Lipinski definition) is 2. The molecule has 0 radical (unpaired) electrons. The van der Waals surface area contributed by atoms with Crippen molar-refractivity contribution in [3.8, 4) is 0 Å². The van der Waals surface area contributed by atoms with E-state index in [-0.39, 0.29) is 11.9 Å². The van der Waals surface area contributed by atoms with Gasteiger partial charge in [0.15, 0.2) is 0 Å². The molecule has 1 atom stereocenters. The second kappa shape index (κ2) is 4.23. The van der Waals surface area contributed by atoms with Crippen LogP contribution < -0.4 is 0 Å². The van der Waals surface area contributed by atoms with Gasteiger partial charge in [-0.25, -0.2) is 0 Å². The largest absolute Gasteiger partial charge is 0.469 e. The fraction of sp³-hybridized carbons (Fsp3) is 0.786. The molecule has 0 aromatic rings. The Morgan fingerprint density at radius 3 is 2.81 bits per heavy atom. The van der Waals surface area contributed by atoms with Gasteiger partial charge in [0.25, 0.3) is 0 Å². The van der Waals surface area contributed by atoms with Gasteiger partial charge in [0.1, 0.15) is 0 Å². The summed E-state index contributed by atoms with van der Waals surface area (Å²) in [4.78, 5) is 11.6. The van der Waals surface area contributed by atoms with Gasteiger partial charge < -0.3 is 4.74 Å². The predicted octanol–water partition coefficient (Wildman–Crippen LogP) is 3.47. The van der Waals surface area contributed by atoms with E-state index in [9.17, 15) is 4.79 Å². The van der Waals surface area contributed by atoms with Crippen molar-refractivity contribution in [3.05, 3.63) is 11.1 Å². The fourth-order valence-corrected chi connectivity index (χ4v) is 3.35. The zero-order valence-corrected chi connectivity index (χ0v) is 10.6. The minimum Gasteiger partial charge on any atom is -0.469 e. The number of esters is 1. The maximum atomic E-state index is 11.6. The van der Waals surface area contributed by atoms with Gasteiger partial charge in [0, 0.05) is 0 Å². The monoisotopic (exact) mass is 222 g/mol. The van der Waals surface area contributed by atoms with Crippen LogP contribution in [-0.4, -0.2) is 13.1 Å². The molecule has 0 saturated heterocycles. The molecule has 0 aromatic heterocycles. The van der Waals surface area contributed by atoms with Crippen molar-refractivity contribution >= 4 is 5.97 Å². The molecule has 90 valence electrons. The minimum absolute atomic E-state index is 0.0186. The Balaban J connectivity index is 2.17. The first-order valence-electron chi connectivity index (χ1n) is 6.34. The Bertz CT molecular complexity index is 326. The number of carbonyl (C=O) groups is 1. The van der Waals surface area contributed by atoms with E-state index in [1.165, 1.54) is 26.4 Å². The first-order valence-corrected chi connectivity index (χ1v) is 6.34. The molecule has 0 heterocycles. The van der Waals surface area contributed by atoms with Crippen molar-refractivity contribution in [2.24, 2.45) is 11.3 Å². The smallest absolute Gasteiger partial charge is 0.308 e. The topological polar surface area (TPSA) is 26.3 Å². The normalized spacial score (nSPS) is 28.6. The van der Waals surface area contributed by atoms with Gasteiger partial charge in [-0.05, 0) is 43.9 Å². The van der Waals surface area contributed by atoms with Crippen LogP contribution in [0.3, 0.4) is 0 Å². The van der Waals surface area contributed by atoms with Gasteiger partial charge in [0.2, 0.25) is 0 Å². The SMILES string of the molecule is COC(=O)C1CCC2=C(CCCC2(C)C)C1. The summed E-state index contributed by atoms with van der Waals surface area (Å²) in [5.74, 6) is 0.104. The molecule has 0 bridgehead atoms. The average Bonchev–Trinajstić information content (AvgIpc) is 2.27. The first kappa shape index (κ1) is 11.7. The molecule has 2 nitrogen and oxygen atoms in total. The van der Waals surface area contributed by atoms with E-state index in [0.29, 0.717) is 5.41 Å². The number of carbonyl (C=O) groups excluding carboxylic acids is 1. The van der Waals surface area contributed by atoms with Crippen LogP contribution in [0.5, 0.6) is 0 Å². The third-order valence-electron chi connectivity index (χ3n) is 4.29. The third-order valence-corrected chi connectivity index (χ3v) is 4.29. The lowest BCUT2D eigenvalue weighted by Gasteiger charge is -2.39. The van der Waals surface area contributed by atoms with Gasteiger partial charge >= 0.3 is 5.97 Å². The lowest BCUT2D eigenvalue weighted by atomic mass is 9.66. The number of ether oxygens (including phenoxy) is 1. The molecule has 2 aliphatic carbocycles. The molecule has 0 aliphatic heterocycles. The van der Waals surface area contributed by atoms with Crippen molar-refractivity contribution in [2.75, 3.05) is 7.11 Å². The van der Waals surface area contributed by atoms with Crippen LogP contribution in [0, 0.1) is 11.3 Å². The van der Waals surface area contributed by atoms with E-state index in [1.54, 1.807) is 11.1 Å². The quantitative estimate of drug-likeness (QED) is 0.501. The zero-order valence-electron chi connectivity index (χ0n) is 10.6. The van der Waals surface area contributed by atoms with Crippen molar-refractivity contribution in [1.82, 2.24) is 0 Å². The van der Waals surface area contributed by atoms with Crippen molar-refractivity contribution in [3.63, 3.8) is 0 Å². The van der Waals surface area contributed by atoms with Crippen molar-refractivity contribution in [1.29, 1.82) is 0 Å². The maximum absolute atomic E-state index is 11.6.